The molecule has 0 aliphatic heterocycles. The first kappa shape index (κ1) is 9.67. The average Bonchev–Trinajstić information content (AvgIpc) is 2.73. The van der Waals surface area contributed by atoms with Gasteiger partial charge in [-0.2, -0.15) is 11.3 Å². The van der Waals surface area contributed by atoms with Gasteiger partial charge in [-0.25, -0.2) is 0 Å². The van der Waals surface area contributed by atoms with Gasteiger partial charge in [-0.05, 0) is 77.7 Å². The largest absolute Gasteiger partial charge is 0.392 e. The maximum absolute atomic E-state index is 10.3. The van der Waals surface area contributed by atoms with Crippen LogP contribution in [0.5, 0.6) is 0 Å². The smallest absolute Gasteiger partial charge is 0.0614 e. The first-order valence-electron chi connectivity index (χ1n) is 6.54. The maximum Gasteiger partial charge on any atom is 0.0614 e. The molecule has 0 spiro atoms. The fraction of sp³-hybridized carbons (Fsp3) is 0.714. The van der Waals surface area contributed by atoms with E-state index in [0.29, 0.717) is 5.92 Å². The van der Waals surface area contributed by atoms with Gasteiger partial charge < -0.3 is 5.11 Å². The Bertz CT molecular complexity index is 369. The number of hydrogen-bond acceptors (Lipinski definition) is 2. The molecular formula is C14H18OS. The number of thiophene rings is 1. The monoisotopic (exact) mass is 234 g/mol. The van der Waals surface area contributed by atoms with E-state index < -0.39 is 0 Å². The van der Waals surface area contributed by atoms with E-state index in [4.69, 9.17) is 0 Å². The summed E-state index contributed by atoms with van der Waals surface area (Å²) in [5.74, 6) is 4.44. The Labute approximate surface area is 100 Å². The van der Waals surface area contributed by atoms with E-state index in [1.54, 1.807) is 11.3 Å². The fourth-order valence-electron chi connectivity index (χ4n) is 4.69. The number of hydrogen-bond donors (Lipinski definition) is 1. The molecular weight excluding hydrogens is 216 g/mol. The van der Waals surface area contributed by atoms with Crippen molar-refractivity contribution in [3.8, 4) is 0 Å². The minimum absolute atomic E-state index is 0.0620. The Morgan fingerprint density at radius 3 is 2.69 bits per heavy atom. The molecule has 0 amide bonds. The molecule has 3 saturated carbocycles. The second-order valence-corrected chi connectivity index (χ2v) is 6.75. The van der Waals surface area contributed by atoms with Crippen molar-refractivity contribution in [3.63, 3.8) is 0 Å². The zero-order valence-electron chi connectivity index (χ0n) is 9.38. The van der Waals surface area contributed by atoms with Gasteiger partial charge in [-0.3, -0.25) is 0 Å². The molecule has 2 heteroatoms. The predicted octanol–water partition coefficient (Wildman–Crippen LogP) is 2.94. The molecule has 2 bridgehead atoms. The van der Waals surface area contributed by atoms with Crippen LogP contribution in [0.25, 0.3) is 0 Å². The first-order chi connectivity index (χ1) is 7.84. The van der Waals surface area contributed by atoms with Crippen LogP contribution in [-0.4, -0.2) is 11.2 Å². The Morgan fingerprint density at radius 2 is 2.06 bits per heavy atom. The second kappa shape index (κ2) is 3.33. The Balaban J connectivity index is 1.45. The van der Waals surface area contributed by atoms with Crippen molar-refractivity contribution >= 4 is 11.3 Å². The summed E-state index contributed by atoms with van der Waals surface area (Å²) in [7, 11) is 0. The van der Waals surface area contributed by atoms with Gasteiger partial charge in [-0.1, -0.05) is 0 Å². The molecule has 0 radical (unpaired) electrons. The van der Waals surface area contributed by atoms with Crippen LogP contribution in [0.15, 0.2) is 16.8 Å². The summed E-state index contributed by atoms with van der Waals surface area (Å²) in [4.78, 5) is 0. The fourth-order valence-corrected chi connectivity index (χ4v) is 5.37. The normalized spacial score (nSPS) is 45.7. The highest BCUT2D eigenvalue weighted by Gasteiger charge is 2.66. The highest BCUT2D eigenvalue weighted by molar-refractivity contribution is 7.07. The van der Waals surface area contributed by atoms with E-state index in [0.717, 1.165) is 30.1 Å². The molecule has 0 saturated heterocycles. The van der Waals surface area contributed by atoms with E-state index in [9.17, 15) is 5.11 Å². The Morgan fingerprint density at radius 1 is 1.31 bits per heavy atom. The third-order valence-corrected chi connectivity index (χ3v) is 6.00. The lowest BCUT2D eigenvalue weighted by molar-refractivity contribution is 0.129. The lowest BCUT2D eigenvalue weighted by atomic mass is 9.96. The zero-order valence-corrected chi connectivity index (χ0v) is 10.2. The van der Waals surface area contributed by atoms with E-state index in [2.05, 4.69) is 16.8 Å². The lowest BCUT2D eigenvalue weighted by Crippen LogP contribution is -2.18. The summed E-state index contributed by atoms with van der Waals surface area (Å²) in [5, 5.41) is 14.6. The van der Waals surface area contributed by atoms with Crippen molar-refractivity contribution < 1.29 is 5.11 Å². The van der Waals surface area contributed by atoms with Crippen LogP contribution in [-0.2, 0) is 6.42 Å². The Hall–Kier alpha value is -0.340. The quantitative estimate of drug-likeness (QED) is 0.852. The van der Waals surface area contributed by atoms with Crippen LogP contribution in [0.1, 0.15) is 24.8 Å². The van der Waals surface area contributed by atoms with Crippen molar-refractivity contribution in [2.24, 2.45) is 29.6 Å². The van der Waals surface area contributed by atoms with E-state index in [1.165, 1.54) is 24.8 Å². The van der Waals surface area contributed by atoms with Crippen molar-refractivity contribution in [2.75, 3.05) is 0 Å². The highest BCUT2D eigenvalue weighted by atomic mass is 32.1. The summed E-state index contributed by atoms with van der Waals surface area (Å²) >= 11 is 1.74. The predicted molar refractivity (Wildman–Crippen MR) is 65.3 cm³/mol. The molecule has 3 aliphatic rings. The number of aliphatic hydroxyl groups excluding tert-OH is 1. The van der Waals surface area contributed by atoms with Gasteiger partial charge in [0.25, 0.3) is 0 Å². The van der Waals surface area contributed by atoms with Crippen molar-refractivity contribution in [2.45, 2.75) is 31.8 Å². The molecule has 5 unspecified atom stereocenters. The van der Waals surface area contributed by atoms with E-state index >= 15 is 0 Å². The first-order valence-corrected chi connectivity index (χ1v) is 7.48. The van der Waals surface area contributed by atoms with Gasteiger partial charge in [-0.15, -0.1) is 0 Å². The molecule has 5 atom stereocenters. The minimum atomic E-state index is -0.0620. The topological polar surface area (TPSA) is 20.2 Å². The summed E-state index contributed by atoms with van der Waals surface area (Å²) in [5.41, 5.74) is 1.33. The SMILES string of the molecule is OC(Cc1ccsc1)C1C2C3CCC(C3)C12. The van der Waals surface area contributed by atoms with Gasteiger partial charge in [0, 0.05) is 0 Å². The van der Waals surface area contributed by atoms with Crippen LogP contribution < -0.4 is 0 Å². The van der Waals surface area contributed by atoms with Crippen LogP contribution in [0.4, 0.5) is 0 Å². The van der Waals surface area contributed by atoms with Crippen LogP contribution in [0, 0.1) is 29.6 Å². The molecule has 0 aromatic carbocycles. The maximum atomic E-state index is 10.3. The Kier molecular flexibility index (Phi) is 2.01. The number of rotatable bonds is 3. The third-order valence-electron chi connectivity index (χ3n) is 5.26. The molecule has 4 rings (SSSR count). The summed E-state index contributed by atoms with van der Waals surface area (Å²) < 4.78 is 0. The molecule has 16 heavy (non-hydrogen) atoms. The van der Waals surface area contributed by atoms with Gasteiger partial charge in [0.05, 0.1) is 6.10 Å². The number of aliphatic hydroxyl groups is 1. The van der Waals surface area contributed by atoms with Crippen LogP contribution in [0.3, 0.4) is 0 Å². The van der Waals surface area contributed by atoms with Crippen molar-refractivity contribution in [1.82, 2.24) is 0 Å². The van der Waals surface area contributed by atoms with Crippen molar-refractivity contribution in [3.05, 3.63) is 22.4 Å². The van der Waals surface area contributed by atoms with Gasteiger partial charge >= 0.3 is 0 Å². The number of fused-ring (bicyclic) bond motifs is 5. The molecule has 3 aliphatic carbocycles. The molecule has 1 N–H and O–H groups in total. The molecule has 1 aromatic rings. The van der Waals surface area contributed by atoms with Gasteiger partial charge in [0.2, 0.25) is 0 Å². The third kappa shape index (κ3) is 1.26. The molecule has 86 valence electrons. The molecule has 1 heterocycles. The van der Waals surface area contributed by atoms with Crippen molar-refractivity contribution in [1.29, 1.82) is 0 Å². The average molecular weight is 234 g/mol. The van der Waals surface area contributed by atoms with E-state index in [1.807, 2.05) is 0 Å². The lowest BCUT2D eigenvalue weighted by Gasteiger charge is -2.14. The second-order valence-electron chi connectivity index (χ2n) is 5.97. The molecule has 3 fully saturated rings. The minimum Gasteiger partial charge on any atom is -0.392 e. The van der Waals surface area contributed by atoms with Gasteiger partial charge in [0.1, 0.15) is 0 Å². The summed E-state index contributed by atoms with van der Waals surface area (Å²) in [6.45, 7) is 0. The molecule has 1 nitrogen and oxygen atoms in total. The van der Waals surface area contributed by atoms with Crippen LogP contribution >= 0.6 is 11.3 Å². The highest BCUT2D eigenvalue weighted by Crippen LogP contribution is 2.70. The summed E-state index contributed by atoms with van der Waals surface area (Å²) in [6, 6.07) is 2.15. The van der Waals surface area contributed by atoms with E-state index in [-0.39, 0.29) is 6.10 Å². The van der Waals surface area contributed by atoms with Crippen LogP contribution in [0.2, 0.25) is 0 Å². The standard InChI is InChI=1S/C14H18OS/c15-11(5-8-3-4-16-7-8)14-12-9-1-2-10(6-9)13(12)14/h3-4,7,9-15H,1-2,5-6H2. The summed E-state index contributed by atoms with van der Waals surface area (Å²) in [6.07, 6.45) is 5.21. The van der Waals surface area contributed by atoms with Gasteiger partial charge in [0.15, 0.2) is 0 Å². The zero-order chi connectivity index (χ0) is 10.7. The molecule has 1 aromatic heterocycles.